The largest absolute Gasteiger partial charge is 0.422 e. The van der Waals surface area contributed by atoms with E-state index >= 15 is 0 Å². The summed E-state index contributed by atoms with van der Waals surface area (Å²) < 4.78 is 18.6. The molecule has 0 bridgehead atoms. The summed E-state index contributed by atoms with van der Waals surface area (Å²) in [5.41, 5.74) is 3.61. The molecule has 3 heteroatoms. The molecule has 0 amide bonds. The number of aryl methyl sites for hydroxylation is 1. The van der Waals surface area contributed by atoms with Gasteiger partial charge in [-0.2, -0.15) is 0 Å². The number of halogens is 1. The fraction of sp³-hybridized carbons (Fsp3) is 0.0417. The Morgan fingerprint density at radius 1 is 0.889 bits per heavy atom. The van der Waals surface area contributed by atoms with Gasteiger partial charge in [-0.1, -0.05) is 54.3 Å². The molecular weight excluding hydrogens is 339 g/mol. The molecule has 0 unspecified atom stereocenters. The van der Waals surface area contributed by atoms with Gasteiger partial charge in [-0.05, 0) is 48.4 Å². The van der Waals surface area contributed by atoms with E-state index in [4.69, 9.17) is 4.42 Å². The number of fused-ring (bicyclic) bond motifs is 1. The van der Waals surface area contributed by atoms with Gasteiger partial charge in [0, 0.05) is 16.5 Å². The fourth-order valence-corrected chi connectivity index (χ4v) is 2.99. The second-order valence-corrected chi connectivity index (χ2v) is 6.26. The Labute approximate surface area is 155 Å². The molecule has 2 nitrogen and oxygen atoms in total. The molecule has 0 spiro atoms. The Hall–Kier alpha value is -3.64. The van der Waals surface area contributed by atoms with E-state index in [2.05, 4.69) is 11.8 Å². The second kappa shape index (κ2) is 6.93. The molecule has 27 heavy (non-hydrogen) atoms. The zero-order chi connectivity index (χ0) is 18.8. The molecule has 4 aromatic rings. The highest BCUT2D eigenvalue weighted by Gasteiger charge is 2.15. The van der Waals surface area contributed by atoms with Crippen LogP contribution < -0.4 is 5.63 Å². The van der Waals surface area contributed by atoms with E-state index in [9.17, 15) is 9.18 Å². The monoisotopic (exact) mass is 354 g/mol. The molecule has 0 saturated heterocycles. The summed E-state index contributed by atoms with van der Waals surface area (Å²) >= 11 is 0. The van der Waals surface area contributed by atoms with E-state index in [1.807, 2.05) is 55.5 Å². The van der Waals surface area contributed by atoms with Crippen LogP contribution in [0, 0.1) is 24.6 Å². The topological polar surface area (TPSA) is 30.2 Å². The Balaban J connectivity index is 2.00. The summed E-state index contributed by atoms with van der Waals surface area (Å²) in [7, 11) is 0. The van der Waals surface area contributed by atoms with Crippen molar-refractivity contribution < 1.29 is 8.81 Å². The van der Waals surface area contributed by atoms with Crippen LogP contribution in [0.3, 0.4) is 0 Å². The molecule has 1 aromatic heterocycles. The lowest BCUT2D eigenvalue weighted by Gasteiger charge is -2.09. The van der Waals surface area contributed by atoms with Crippen LogP contribution in [0.5, 0.6) is 0 Å². The first-order valence-electron chi connectivity index (χ1n) is 8.52. The summed E-state index contributed by atoms with van der Waals surface area (Å²) in [6, 6.07) is 21.3. The van der Waals surface area contributed by atoms with Gasteiger partial charge < -0.3 is 4.42 Å². The molecule has 0 atom stereocenters. The molecule has 130 valence electrons. The lowest BCUT2D eigenvalue weighted by Crippen LogP contribution is -2.07. The molecular formula is C24H15FO2. The van der Waals surface area contributed by atoms with Gasteiger partial charge in [-0.15, -0.1) is 0 Å². The smallest absolute Gasteiger partial charge is 0.352 e. The van der Waals surface area contributed by atoms with Crippen molar-refractivity contribution in [3.05, 3.63) is 106 Å². The highest BCUT2D eigenvalue weighted by molar-refractivity contribution is 5.96. The van der Waals surface area contributed by atoms with E-state index in [0.717, 1.165) is 22.1 Å². The molecule has 1 heterocycles. The summed E-state index contributed by atoms with van der Waals surface area (Å²) in [5, 5.41) is 0.829. The van der Waals surface area contributed by atoms with Crippen molar-refractivity contribution in [1.29, 1.82) is 0 Å². The highest BCUT2D eigenvalue weighted by atomic mass is 19.1. The molecule has 0 N–H and O–H groups in total. The Morgan fingerprint density at radius 3 is 2.37 bits per heavy atom. The number of rotatable bonds is 1. The van der Waals surface area contributed by atoms with Crippen molar-refractivity contribution in [2.75, 3.05) is 0 Å². The summed E-state index contributed by atoms with van der Waals surface area (Å²) in [5.74, 6) is 5.55. The first-order chi connectivity index (χ1) is 13.1. The van der Waals surface area contributed by atoms with E-state index < -0.39 is 5.63 Å². The van der Waals surface area contributed by atoms with Crippen LogP contribution in [-0.2, 0) is 0 Å². The normalized spacial score (nSPS) is 10.4. The number of benzene rings is 3. The van der Waals surface area contributed by atoms with Crippen LogP contribution >= 0.6 is 0 Å². The van der Waals surface area contributed by atoms with Gasteiger partial charge in [0.1, 0.15) is 17.0 Å². The molecule has 0 aliphatic heterocycles. The lowest BCUT2D eigenvalue weighted by molar-refractivity contribution is 0.559. The van der Waals surface area contributed by atoms with Crippen LogP contribution in [-0.4, -0.2) is 0 Å². The molecule has 4 rings (SSSR count). The van der Waals surface area contributed by atoms with E-state index in [1.54, 1.807) is 12.1 Å². The van der Waals surface area contributed by atoms with Crippen LogP contribution in [0.25, 0.3) is 22.1 Å². The first-order valence-corrected chi connectivity index (χ1v) is 8.52. The van der Waals surface area contributed by atoms with Crippen molar-refractivity contribution in [2.24, 2.45) is 0 Å². The van der Waals surface area contributed by atoms with Crippen molar-refractivity contribution in [1.82, 2.24) is 0 Å². The third-order valence-electron chi connectivity index (χ3n) is 4.30. The Kier molecular flexibility index (Phi) is 4.32. The van der Waals surface area contributed by atoms with Crippen LogP contribution in [0.2, 0.25) is 0 Å². The average Bonchev–Trinajstić information content (AvgIpc) is 2.68. The van der Waals surface area contributed by atoms with Crippen LogP contribution in [0.4, 0.5) is 4.39 Å². The van der Waals surface area contributed by atoms with E-state index in [0.29, 0.717) is 16.7 Å². The van der Waals surface area contributed by atoms with Crippen molar-refractivity contribution in [3.8, 4) is 23.0 Å². The molecule has 0 aliphatic carbocycles. The Morgan fingerprint density at radius 2 is 1.63 bits per heavy atom. The SMILES string of the molecule is Cc1ccc2c(-c3ccccc3)c(C#Cc3ccc(F)cc3)c(=O)oc2c1. The van der Waals surface area contributed by atoms with Gasteiger partial charge in [0.05, 0.1) is 0 Å². The van der Waals surface area contributed by atoms with Gasteiger partial charge in [0.25, 0.3) is 0 Å². The first kappa shape index (κ1) is 16.8. The van der Waals surface area contributed by atoms with Gasteiger partial charge in [0.15, 0.2) is 0 Å². The van der Waals surface area contributed by atoms with Crippen LogP contribution in [0.15, 0.2) is 82.0 Å². The van der Waals surface area contributed by atoms with Crippen molar-refractivity contribution in [3.63, 3.8) is 0 Å². The highest BCUT2D eigenvalue weighted by Crippen LogP contribution is 2.30. The van der Waals surface area contributed by atoms with Gasteiger partial charge in [-0.3, -0.25) is 0 Å². The molecule has 0 aliphatic rings. The second-order valence-electron chi connectivity index (χ2n) is 6.26. The van der Waals surface area contributed by atoms with Gasteiger partial charge in [-0.25, -0.2) is 9.18 Å². The quantitative estimate of drug-likeness (QED) is 0.343. The summed E-state index contributed by atoms with van der Waals surface area (Å²) in [6.45, 7) is 1.95. The third-order valence-corrected chi connectivity index (χ3v) is 4.30. The van der Waals surface area contributed by atoms with Crippen LogP contribution in [0.1, 0.15) is 16.7 Å². The number of hydrogen-bond acceptors (Lipinski definition) is 2. The van der Waals surface area contributed by atoms with E-state index in [1.165, 1.54) is 12.1 Å². The molecule has 0 radical (unpaired) electrons. The summed E-state index contributed by atoms with van der Waals surface area (Å²) in [6.07, 6.45) is 0. The molecule has 0 saturated carbocycles. The predicted molar refractivity (Wildman–Crippen MR) is 105 cm³/mol. The Bertz CT molecular complexity index is 1240. The fourth-order valence-electron chi connectivity index (χ4n) is 2.99. The maximum atomic E-state index is 13.1. The van der Waals surface area contributed by atoms with Gasteiger partial charge in [0.2, 0.25) is 0 Å². The lowest BCUT2D eigenvalue weighted by atomic mass is 9.96. The van der Waals surface area contributed by atoms with Crippen molar-refractivity contribution in [2.45, 2.75) is 6.92 Å². The molecule has 3 aromatic carbocycles. The minimum absolute atomic E-state index is 0.293. The maximum Gasteiger partial charge on any atom is 0.352 e. The number of hydrogen-bond donors (Lipinski definition) is 0. The molecule has 0 fully saturated rings. The zero-order valence-corrected chi connectivity index (χ0v) is 14.6. The standard InChI is InChI=1S/C24H15FO2/c1-16-7-13-20-22(15-16)27-24(26)21(23(20)18-5-3-2-4-6-18)14-10-17-8-11-19(25)12-9-17/h2-9,11-13,15H,1H3. The van der Waals surface area contributed by atoms with Crippen molar-refractivity contribution >= 4 is 11.0 Å². The van der Waals surface area contributed by atoms with E-state index in [-0.39, 0.29) is 5.82 Å². The summed E-state index contributed by atoms with van der Waals surface area (Å²) in [4.78, 5) is 12.7. The zero-order valence-electron chi connectivity index (χ0n) is 14.6. The predicted octanol–water partition coefficient (Wildman–Crippen LogP) is 5.31. The third kappa shape index (κ3) is 3.38. The average molecular weight is 354 g/mol. The van der Waals surface area contributed by atoms with Gasteiger partial charge >= 0.3 is 5.63 Å². The minimum atomic E-state index is -0.485. The maximum absolute atomic E-state index is 13.1. The minimum Gasteiger partial charge on any atom is -0.422 e.